The van der Waals surface area contributed by atoms with Gasteiger partial charge >= 0.3 is 0 Å². The molecule has 0 saturated heterocycles. The van der Waals surface area contributed by atoms with Gasteiger partial charge in [0.1, 0.15) is 0 Å². The largest absolute Gasteiger partial charge is 0.254 e. The van der Waals surface area contributed by atoms with Gasteiger partial charge in [-0.15, -0.1) is 11.3 Å². The van der Waals surface area contributed by atoms with Crippen molar-refractivity contribution in [2.45, 2.75) is 0 Å². The van der Waals surface area contributed by atoms with Crippen LogP contribution in [0.3, 0.4) is 0 Å². The van der Waals surface area contributed by atoms with Crippen molar-refractivity contribution in [2.24, 2.45) is 0 Å². The van der Waals surface area contributed by atoms with E-state index in [1.807, 2.05) is 23.6 Å². The van der Waals surface area contributed by atoms with Crippen LogP contribution in [-0.2, 0) is 0 Å². The molecule has 7 rings (SSSR count). The quantitative estimate of drug-likeness (QED) is 0.253. The Kier molecular flexibility index (Phi) is 4.05. The lowest BCUT2D eigenvalue weighted by atomic mass is 9.99. The first-order valence-electron chi connectivity index (χ1n) is 11.0. The van der Waals surface area contributed by atoms with Crippen LogP contribution in [0, 0.1) is 0 Å². The molecule has 0 aliphatic rings. The van der Waals surface area contributed by atoms with Crippen molar-refractivity contribution in [2.75, 3.05) is 0 Å². The van der Waals surface area contributed by atoms with Crippen LogP contribution >= 0.6 is 11.3 Å². The van der Waals surface area contributed by atoms with Gasteiger partial charge in [0.2, 0.25) is 0 Å². The van der Waals surface area contributed by atoms with Crippen molar-refractivity contribution in [3.05, 3.63) is 109 Å². The summed E-state index contributed by atoms with van der Waals surface area (Å²) in [5.41, 5.74) is 6.45. The molecule has 0 unspecified atom stereocenters. The lowest BCUT2D eigenvalue weighted by molar-refractivity contribution is 1.37. The van der Waals surface area contributed by atoms with Crippen LogP contribution in [-0.4, -0.2) is 9.97 Å². The molecule has 7 aromatic rings. The molecular weight excluding hydrogens is 420 g/mol. The maximum atomic E-state index is 5.05. The average Bonchev–Trinajstić information content (AvgIpc) is 3.27. The smallest absolute Gasteiger partial charge is 0.0972 e. The molecule has 0 atom stereocenters. The molecule has 0 aliphatic heterocycles. The van der Waals surface area contributed by atoms with E-state index in [9.17, 15) is 0 Å². The van der Waals surface area contributed by atoms with Gasteiger partial charge in [-0.3, -0.25) is 4.98 Å². The topological polar surface area (TPSA) is 25.8 Å². The van der Waals surface area contributed by atoms with Crippen molar-refractivity contribution in [3.8, 4) is 22.4 Å². The van der Waals surface area contributed by atoms with Gasteiger partial charge in [-0.2, -0.15) is 0 Å². The van der Waals surface area contributed by atoms with Gasteiger partial charge in [0.15, 0.2) is 0 Å². The Bertz CT molecular complexity index is 1830. The average molecular weight is 439 g/mol. The minimum Gasteiger partial charge on any atom is -0.254 e. The number of benzene rings is 4. The van der Waals surface area contributed by atoms with Crippen molar-refractivity contribution < 1.29 is 0 Å². The van der Waals surface area contributed by atoms with Gasteiger partial charge in [-0.1, -0.05) is 78.9 Å². The second-order valence-electron chi connectivity index (χ2n) is 8.27. The highest BCUT2D eigenvalue weighted by atomic mass is 32.1. The lowest BCUT2D eigenvalue weighted by Crippen LogP contribution is -1.89. The summed E-state index contributed by atoms with van der Waals surface area (Å²) in [6, 6.07) is 36.5. The molecule has 0 amide bonds. The molecule has 3 aromatic heterocycles. The Hall–Kier alpha value is -4.08. The number of pyridine rings is 2. The van der Waals surface area contributed by atoms with Crippen LogP contribution in [0.4, 0.5) is 0 Å². The molecule has 0 bridgehead atoms. The van der Waals surface area contributed by atoms with E-state index in [0.717, 1.165) is 33.1 Å². The van der Waals surface area contributed by atoms with Gasteiger partial charge in [0.25, 0.3) is 0 Å². The molecule has 0 spiro atoms. The predicted octanol–water partition coefficient (Wildman–Crippen LogP) is 8.48. The molecule has 2 nitrogen and oxygen atoms in total. The minimum absolute atomic E-state index is 0.947. The minimum atomic E-state index is 0.947. The number of nitrogens with zero attached hydrogens (tertiary/aromatic N) is 2. The molecule has 3 heteroatoms. The van der Waals surface area contributed by atoms with Gasteiger partial charge in [0, 0.05) is 42.7 Å². The molecule has 0 fully saturated rings. The fourth-order valence-corrected chi connectivity index (χ4v) is 5.94. The van der Waals surface area contributed by atoms with Crippen molar-refractivity contribution >= 4 is 53.3 Å². The highest BCUT2D eigenvalue weighted by molar-refractivity contribution is 7.26. The summed E-state index contributed by atoms with van der Waals surface area (Å²) in [4.78, 5) is 9.65. The Morgan fingerprint density at radius 1 is 0.576 bits per heavy atom. The second-order valence-corrected chi connectivity index (χ2v) is 9.32. The molecule has 154 valence electrons. The van der Waals surface area contributed by atoms with E-state index in [1.54, 1.807) is 0 Å². The number of fused-ring (bicyclic) bond motifs is 6. The zero-order valence-electron chi connectivity index (χ0n) is 17.7. The number of rotatable bonds is 2. The summed E-state index contributed by atoms with van der Waals surface area (Å²) in [6.45, 7) is 0. The van der Waals surface area contributed by atoms with E-state index in [2.05, 4.69) is 102 Å². The predicted molar refractivity (Wildman–Crippen MR) is 141 cm³/mol. The summed E-state index contributed by atoms with van der Waals surface area (Å²) < 4.78 is 2.66. The molecule has 0 N–H and O–H groups in total. The van der Waals surface area contributed by atoms with E-state index in [-0.39, 0.29) is 0 Å². The molecule has 0 radical (unpaired) electrons. The normalized spacial score (nSPS) is 11.6. The monoisotopic (exact) mass is 438 g/mol. The summed E-state index contributed by atoms with van der Waals surface area (Å²) in [5.74, 6) is 0. The molecular formula is C30H18N2S. The lowest BCUT2D eigenvalue weighted by Gasteiger charge is -2.09. The van der Waals surface area contributed by atoms with Crippen LogP contribution in [0.15, 0.2) is 109 Å². The highest BCUT2D eigenvalue weighted by Crippen LogP contribution is 2.40. The van der Waals surface area contributed by atoms with E-state index >= 15 is 0 Å². The van der Waals surface area contributed by atoms with Crippen molar-refractivity contribution in [1.29, 1.82) is 0 Å². The van der Waals surface area contributed by atoms with E-state index in [4.69, 9.17) is 4.98 Å². The first-order valence-corrected chi connectivity index (χ1v) is 11.8. The van der Waals surface area contributed by atoms with Gasteiger partial charge in [0.05, 0.1) is 16.7 Å². The fraction of sp³-hybridized carbons (Fsp3) is 0. The maximum Gasteiger partial charge on any atom is 0.0972 e. The molecule has 0 aliphatic carbocycles. The summed E-state index contributed by atoms with van der Waals surface area (Å²) in [6.07, 6.45) is 1.84. The van der Waals surface area contributed by atoms with Gasteiger partial charge in [-0.25, -0.2) is 4.98 Å². The molecule has 3 heterocycles. The standard InChI is InChI=1S/C30H18N2S/c1-2-12-27-24(9-1)25-11-4-10-23(30(25)33-27)21-6-3-7-22(18-21)26-16-15-20-14-13-19-8-5-17-31-28(19)29(20)32-26/h1-18H. The zero-order valence-corrected chi connectivity index (χ0v) is 18.5. The van der Waals surface area contributed by atoms with E-state index in [0.29, 0.717) is 0 Å². The maximum absolute atomic E-state index is 5.05. The molecule has 4 aromatic carbocycles. The van der Waals surface area contributed by atoms with Crippen LogP contribution < -0.4 is 0 Å². The van der Waals surface area contributed by atoms with Crippen LogP contribution in [0.25, 0.3) is 64.4 Å². The third kappa shape index (κ3) is 2.94. The van der Waals surface area contributed by atoms with Crippen molar-refractivity contribution in [3.63, 3.8) is 0 Å². The first kappa shape index (κ1) is 18.5. The SMILES string of the molecule is c1cc(-c2ccc3ccc4cccnc4c3n2)cc(-c2cccc3c2sc2ccccc23)c1. The number of thiophene rings is 1. The number of hydrogen-bond donors (Lipinski definition) is 0. The zero-order chi connectivity index (χ0) is 21.8. The Balaban J connectivity index is 1.41. The van der Waals surface area contributed by atoms with E-state index < -0.39 is 0 Å². The Morgan fingerprint density at radius 2 is 1.36 bits per heavy atom. The number of hydrogen-bond acceptors (Lipinski definition) is 3. The molecule has 33 heavy (non-hydrogen) atoms. The van der Waals surface area contributed by atoms with Crippen LogP contribution in [0.5, 0.6) is 0 Å². The Labute approximate surface area is 194 Å². The van der Waals surface area contributed by atoms with Gasteiger partial charge < -0.3 is 0 Å². The summed E-state index contributed by atoms with van der Waals surface area (Å²) in [5, 5.41) is 4.86. The summed E-state index contributed by atoms with van der Waals surface area (Å²) >= 11 is 1.86. The van der Waals surface area contributed by atoms with Gasteiger partial charge in [-0.05, 0) is 35.4 Å². The van der Waals surface area contributed by atoms with Crippen LogP contribution in [0.1, 0.15) is 0 Å². The Morgan fingerprint density at radius 3 is 2.33 bits per heavy atom. The third-order valence-corrected chi connectivity index (χ3v) is 7.53. The fourth-order valence-electron chi connectivity index (χ4n) is 4.71. The summed E-state index contributed by atoms with van der Waals surface area (Å²) in [7, 11) is 0. The first-order chi connectivity index (χ1) is 16.3. The number of aromatic nitrogens is 2. The van der Waals surface area contributed by atoms with Crippen LogP contribution in [0.2, 0.25) is 0 Å². The van der Waals surface area contributed by atoms with Crippen molar-refractivity contribution in [1.82, 2.24) is 9.97 Å². The second kappa shape index (κ2) is 7.22. The third-order valence-electron chi connectivity index (χ3n) is 6.31. The van der Waals surface area contributed by atoms with E-state index in [1.165, 1.54) is 31.3 Å². The highest BCUT2D eigenvalue weighted by Gasteiger charge is 2.12. The molecule has 0 saturated carbocycles.